The number of nitrogens with zero attached hydrogens (tertiary/aromatic N) is 1. The van der Waals surface area contributed by atoms with Gasteiger partial charge in [-0.3, -0.25) is 4.79 Å². The van der Waals surface area contributed by atoms with E-state index in [9.17, 15) is 10.1 Å². The van der Waals surface area contributed by atoms with Crippen LogP contribution in [0.15, 0.2) is 0 Å². The molecule has 5 heteroatoms. The fraction of sp³-hybridized carbons (Fsp3) is 0.600. The van der Waals surface area contributed by atoms with Crippen LogP contribution in [-0.2, 0) is 16.8 Å². The van der Waals surface area contributed by atoms with Crippen molar-refractivity contribution < 1.29 is 10.1 Å². The number of nitrogens with two attached hydrogens (primary N) is 1. The molecule has 0 bridgehead atoms. The summed E-state index contributed by atoms with van der Waals surface area (Å²) < 4.78 is 0. The maximum Gasteiger partial charge on any atom is 0.224 e. The summed E-state index contributed by atoms with van der Waals surface area (Å²) in [5.74, 6) is -0.0406. The van der Waals surface area contributed by atoms with Crippen molar-refractivity contribution in [3.05, 3.63) is 16.0 Å². The lowest BCUT2D eigenvalue weighted by atomic mass is 9.81. The summed E-state index contributed by atoms with van der Waals surface area (Å²) in [4.78, 5) is 12.8. The molecule has 1 aromatic heterocycles. The Balaban J connectivity index is 2.54. The maximum absolute atomic E-state index is 11.6. The number of nitrogens with one attached hydrogen (secondary N) is 1. The van der Waals surface area contributed by atoms with E-state index in [4.69, 9.17) is 0 Å². The molecule has 3 N–H and O–H groups in total. The van der Waals surface area contributed by atoms with Crippen molar-refractivity contribution >= 4 is 22.2 Å². The van der Waals surface area contributed by atoms with Crippen molar-refractivity contribution in [2.24, 2.45) is 0 Å². The van der Waals surface area contributed by atoms with E-state index in [1.165, 1.54) is 4.88 Å². The van der Waals surface area contributed by atoms with Crippen LogP contribution in [0.1, 0.15) is 57.0 Å². The highest BCUT2D eigenvalue weighted by Crippen LogP contribution is 2.41. The lowest BCUT2D eigenvalue weighted by Gasteiger charge is -2.38. The summed E-state index contributed by atoms with van der Waals surface area (Å²) in [6.45, 7) is 10.6. The second-order valence-electron chi connectivity index (χ2n) is 6.66. The summed E-state index contributed by atoms with van der Waals surface area (Å²) in [6, 6.07) is 2.29. The van der Waals surface area contributed by atoms with Crippen LogP contribution in [0.5, 0.6) is 0 Å². The van der Waals surface area contributed by atoms with E-state index in [0.717, 1.165) is 12.0 Å². The number of fused-ring (bicyclic) bond motifs is 1. The van der Waals surface area contributed by atoms with E-state index in [1.54, 1.807) is 11.3 Å². The highest BCUT2D eigenvalue weighted by Gasteiger charge is 2.44. The molecule has 1 aliphatic rings. The number of nitriles is 1. The molecule has 108 valence electrons. The summed E-state index contributed by atoms with van der Waals surface area (Å²) in [7, 11) is 0. The number of hydrogen-bond acceptors (Lipinski definition) is 3. The zero-order valence-electron chi connectivity index (χ0n) is 12.8. The number of carbonyl (C=O) groups is 1. The first kappa shape index (κ1) is 15.0. The zero-order chi connectivity index (χ0) is 15.1. The molecule has 0 atom stereocenters. The maximum atomic E-state index is 11.6. The first-order valence-electron chi connectivity index (χ1n) is 6.93. The number of quaternary nitrogens is 1. The van der Waals surface area contributed by atoms with Gasteiger partial charge < -0.3 is 10.6 Å². The van der Waals surface area contributed by atoms with Crippen LogP contribution < -0.4 is 10.6 Å². The molecule has 4 nitrogen and oxygen atoms in total. The average molecular weight is 292 g/mol. The van der Waals surface area contributed by atoms with E-state index >= 15 is 0 Å². The molecule has 0 fully saturated rings. The van der Waals surface area contributed by atoms with Crippen LogP contribution in [0.25, 0.3) is 0 Å². The van der Waals surface area contributed by atoms with Crippen molar-refractivity contribution in [1.82, 2.24) is 0 Å². The van der Waals surface area contributed by atoms with Crippen molar-refractivity contribution in [1.29, 1.82) is 5.26 Å². The topological polar surface area (TPSA) is 69.5 Å². The second-order valence-corrected chi connectivity index (χ2v) is 7.68. The Morgan fingerprint density at radius 3 is 2.65 bits per heavy atom. The second kappa shape index (κ2) is 4.87. The van der Waals surface area contributed by atoms with Crippen LogP contribution in [0, 0.1) is 11.3 Å². The van der Waals surface area contributed by atoms with Crippen LogP contribution in [0.3, 0.4) is 0 Å². The minimum Gasteiger partial charge on any atom is -0.333 e. The Bertz CT molecular complexity index is 593. The van der Waals surface area contributed by atoms with Gasteiger partial charge in [0.05, 0.1) is 16.0 Å². The molecular weight excluding hydrogens is 270 g/mol. The largest absolute Gasteiger partial charge is 0.333 e. The molecular formula is C15H22N3OS+. The van der Waals surface area contributed by atoms with Gasteiger partial charge in [0.1, 0.15) is 16.6 Å². The minimum absolute atomic E-state index is 0.0406. The van der Waals surface area contributed by atoms with E-state index < -0.39 is 0 Å². The number of carbonyl (C=O) groups excluding carboxylic acids is 1. The van der Waals surface area contributed by atoms with E-state index in [1.807, 2.05) is 6.92 Å². The molecule has 2 heterocycles. The van der Waals surface area contributed by atoms with Crippen LogP contribution in [0.2, 0.25) is 0 Å². The summed E-state index contributed by atoms with van der Waals surface area (Å²) in [5, 5.41) is 15.4. The molecule has 0 aliphatic carbocycles. The molecule has 0 radical (unpaired) electrons. The molecule has 1 aromatic rings. The van der Waals surface area contributed by atoms with Gasteiger partial charge in [-0.05, 0) is 33.3 Å². The Labute approximate surface area is 124 Å². The highest BCUT2D eigenvalue weighted by atomic mass is 32.1. The molecule has 1 aliphatic heterocycles. The molecule has 1 amide bonds. The van der Waals surface area contributed by atoms with Crippen molar-refractivity contribution in [3.63, 3.8) is 0 Å². The van der Waals surface area contributed by atoms with Gasteiger partial charge in [0.2, 0.25) is 5.91 Å². The Morgan fingerprint density at radius 1 is 1.45 bits per heavy atom. The number of anilines is 1. The summed E-state index contributed by atoms with van der Waals surface area (Å²) in [6.07, 6.45) is 1.28. The predicted octanol–water partition coefficient (Wildman–Crippen LogP) is 2.10. The highest BCUT2D eigenvalue weighted by molar-refractivity contribution is 7.16. The smallest absolute Gasteiger partial charge is 0.224 e. The fourth-order valence-electron chi connectivity index (χ4n) is 3.12. The van der Waals surface area contributed by atoms with Crippen LogP contribution in [-0.4, -0.2) is 11.4 Å². The van der Waals surface area contributed by atoms with Crippen molar-refractivity contribution in [2.75, 3.05) is 5.32 Å². The minimum atomic E-state index is -0.0669. The van der Waals surface area contributed by atoms with Crippen LogP contribution >= 0.6 is 11.3 Å². The third-order valence-electron chi connectivity index (χ3n) is 3.66. The van der Waals surface area contributed by atoms with Crippen LogP contribution in [0.4, 0.5) is 5.00 Å². The number of rotatable bonds is 2. The monoisotopic (exact) mass is 292 g/mol. The lowest BCUT2D eigenvalue weighted by Crippen LogP contribution is -3.03. The molecule has 0 saturated carbocycles. The Kier molecular flexibility index (Phi) is 3.66. The van der Waals surface area contributed by atoms with E-state index in [-0.39, 0.29) is 17.0 Å². The lowest BCUT2D eigenvalue weighted by molar-refractivity contribution is -0.789. The average Bonchev–Trinajstić information content (AvgIpc) is 2.64. The normalized spacial score (nSPS) is 19.0. The Morgan fingerprint density at radius 2 is 2.10 bits per heavy atom. The number of hydrogen-bond donors (Lipinski definition) is 2. The fourth-order valence-corrected chi connectivity index (χ4v) is 4.38. The standard InChI is InChI=1S/C15H21N3OS/c1-6-11(19)17-13-10(8-16)9-7-14(2,3)18-15(4,5)12(9)20-13/h18H,6-7H2,1-5H3,(H,17,19)/p+1. The molecule has 0 aromatic carbocycles. The summed E-state index contributed by atoms with van der Waals surface area (Å²) >= 11 is 1.55. The molecule has 0 unspecified atom stereocenters. The van der Waals surface area contributed by atoms with Crippen molar-refractivity contribution in [2.45, 2.75) is 58.5 Å². The molecule has 0 saturated heterocycles. The third kappa shape index (κ3) is 2.58. The number of thiophene rings is 1. The van der Waals surface area contributed by atoms with Gasteiger partial charge in [-0.15, -0.1) is 11.3 Å². The predicted molar refractivity (Wildman–Crippen MR) is 80.7 cm³/mol. The summed E-state index contributed by atoms with van der Waals surface area (Å²) in [5.41, 5.74) is 1.76. The van der Waals surface area contributed by atoms with E-state index in [0.29, 0.717) is 17.0 Å². The van der Waals surface area contributed by atoms with Gasteiger partial charge >= 0.3 is 0 Å². The van der Waals surface area contributed by atoms with Gasteiger partial charge in [0.25, 0.3) is 0 Å². The van der Waals surface area contributed by atoms with Crippen molar-refractivity contribution in [3.8, 4) is 6.07 Å². The van der Waals surface area contributed by atoms with Gasteiger partial charge in [0.15, 0.2) is 0 Å². The first-order valence-corrected chi connectivity index (χ1v) is 7.75. The molecule has 20 heavy (non-hydrogen) atoms. The number of amides is 1. The SMILES string of the molecule is CCC(=O)Nc1sc2c(c1C#N)CC(C)(C)[NH2+]C2(C)C. The quantitative estimate of drug-likeness (QED) is 0.876. The Hall–Kier alpha value is -1.38. The van der Waals surface area contributed by atoms with Gasteiger partial charge in [-0.1, -0.05) is 6.92 Å². The first-order chi connectivity index (χ1) is 9.20. The van der Waals surface area contributed by atoms with Gasteiger partial charge in [-0.25, -0.2) is 0 Å². The third-order valence-corrected chi connectivity index (χ3v) is 5.15. The molecule has 0 spiro atoms. The van der Waals surface area contributed by atoms with E-state index in [2.05, 4.69) is 44.4 Å². The van der Waals surface area contributed by atoms with Gasteiger partial charge in [0, 0.05) is 12.8 Å². The zero-order valence-corrected chi connectivity index (χ0v) is 13.6. The molecule has 2 rings (SSSR count). The van der Waals surface area contributed by atoms with Gasteiger partial charge in [-0.2, -0.15) is 5.26 Å².